The lowest BCUT2D eigenvalue weighted by Gasteiger charge is -2.25. The number of hydrogen-bond donors (Lipinski definition) is 2. The van der Waals surface area contributed by atoms with Crippen molar-refractivity contribution in [3.05, 3.63) is 0 Å². The normalized spacial score (nSPS) is 27.1. The molecule has 1 saturated heterocycles. The largest absolute Gasteiger partial charge is 0.419 e. The molecule has 1 aliphatic rings. The molecule has 4 nitrogen and oxygen atoms in total. The van der Waals surface area contributed by atoms with Crippen LogP contribution in [0.3, 0.4) is 0 Å². The molecule has 15 heavy (non-hydrogen) atoms. The molecule has 0 aromatic carbocycles. The summed E-state index contributed by atoms with van der Waals surface area (Å²) in [5.74, 6) is -0.433. The van der Waals surface area contributed by atoms with Crippen molar-refractivity contribution < 1.29 is 23.1 Å². The molecule has 1 rings (SSSR count). The number of aliphatic hydroxyl groups is 1. The van der Waals surface area contributed by atoms with Crippen molar-refractivity contribution >= 4 is 5.91 Å². The SMILES string of the molecule is CNCC(=O)N1CC[C@](O)(C(F)(F)F)C1. The molecule has 88 valence electrons. The van der Waals surface area contributed by atoms with Crippen LogP contribution in [0.4, 0.5) is 13.2 Å². The maximum absolute atomic E-state index is 12.4. The van der Waals surface area contributed by atoms with Gasteiger partial charge in [0.15, 0.2) is 5.60 Å². The van der Waals surface area contributed by atoms with Crippen LogP contribution in [0.1, 0.15) is 6.42 Å². The standard InChI is InChI=1S/C8H13F3N2O2/c1-12-4-6(14)13-3-2-7(15,5-13)8(9,10)11/h12,15H,2-5H2,1H3/t7-/m1/s1. The van der Waals surface area contributed by atoms with Crippen LogP contribution in [0.25, 0.3) is 0 Å². The maximum Gasteiger partial charge on any atom is 0.419 e. The third-order valence-electron chi connectivity index (χ3n) is 2.46. The van der Waals surface area contributed by atoms with E-state index in [-0.39, 0.29) is 13.1 Å². The molecule has 0 spiro atoms. The van der Waals surface area contributed by atoms with Gasteiger partial charge < -0.3 is 15.3 Å². The summed E-state index contributed by atoms with van der Waals surface area (Å²) in [5, 5.41) is 11.8. The second-order valence-electron chi connectivity index (χ2n) is 3.62. The molecule has 0 aromatic heterocycles. The van der Waals surface area contributed by atoms with E-state index in [2.05, 4.69) is 5.32 Å². The first kappa shape index (κ1) is 12.3. The minimum Gasteiger partial charge on any atom is -0.379 e. The highest BCUT2D eigenvalue weighted by Crippen LogP contribution is 2.37. The van der Waals surface area contributed by atoms with Gasteiger partial charge in [-0.2, -0.15) is 13.2 Å². The number of hydrogen-bond acceptors (Lipinski definition) is 3. The van der Waals surface area contributed by atoms with Crippen LogP contribution in [0.2, 0.25) is 0 Å². The molecular formula is C8H13F3N2O2. The Labute approximate surface area is 85.1 Å². The van der Waals surface area contributed by atoms with Gasteiger partial charge in [-0.05, 0) is 7.05 Å². The molecule has 1 fully saturated rings. The van der Waals surface area contributed by atoms with Crippen molar-refractivity contribution in [1.29, 1.82) is 0 Å². The molecule has 0 aliphatic carbocycles. The fraction of sp³-hybridized carbons (Fsp3) is 0.875. The zero-order valence-corrected chi connectivity index (χ0v) is 8.26. The summed E-state index contributed by atoms with van der Waals surface area (Å²) in [7, 11) is 1.53. The average Bonchev–Trinajstić information content (AvgIpc) is 2.48. The Bertz CT molecular complexity index is 257. The summed E-state index contributed by atoms with van der Waals surface area (Å²) in [6.07, 6.45) is -5.13. The van der Waals surface area contributed by atoms with Crippen LogP contribution >= 0.6 is 0 Å². The summed E-state index contributed by atoms with van der Waals surface area (Å²) in [6.45, 7) is -0.749. The number of alkyl halides is 3. The van der Waals surface area contributed by atoms with Gasteiger partial charge in [0.2, 0.25) is 5.91 Å². The van der Waals surface area contributed by atoms with Crippen LogP contribution in [0.5, 0.6) is 0 Å². The number of likely N-dealkylation sites (tertiary alicyclic amines) is 1. The number of nitrogens with one attached hydrogen (secondary N) is 1. The molecule has 1 heterocycles. The minimum atomic E-state index is -4.68. The molecule has 0 unspecified atom stereocenters. The monoisotopic (exact) mass is 226 g/mol. The van der Waals surface area contributed by atoms with E-state index >= 15 is 0 Å². The van der Waals surface area contributed by atoms with E-state index in [1.807, 2.05) is 0 Å². The van der Waals surface area contributed by atoms with Gasteiger partial charge in [-0.25, -0.2) is 0 Å². The Morgan fingerprint density at radius 3 is 2.60 bits per heavy atom. The number of halogens is 3. The second kappa shape index (κ2) is 3.97. The van der Waals surface area contributed by atoms with Crippen molar-refractivity contribution in [1.82, 2.24) is 10.2 Å². The fourth-order valence-corrected chi connectivity index (χ4v) is 1.50. The summed E-state index contributed by atoms with van der Waals surface area (Å²) in [6, 6.07) is 0. The van der Waals surface area contributed by atoms with E-state index in [4.69, 9.17) is 0 Å². The first-order valence-electron chi connectivity index (χ1n) is 4.51. The summed E-state index contributed by atoms with van der Waals surface area (Å²) >= 11 is 0. The molecule has 1 aliphatic heterocycles. The van der Waals surface area contributed by atoms with Gasteiger partial charge in [0.1, 0.15) is 0 Å². The number of amides is 1. The number of carbonyl (C=O) groups is 1. The highest BCUT2D eigenvalue weighted by Gasteiger charge is 2.57. The minimum absolute atomic E-state index is 0.0199. The van der Waals surface area contributed by atoms with Crippen LogP contribution in [0, 0.1) is 0 Å². The highest BCUT2D eigenvalue weighted by atomic mass is 19.4. The molecule has 0 radical (unpaired) electrons. The van der Waals surface area contributed by atoms with Gasteiger partial charge in [0.05, 0.1) is 13.1 Å². The van der Waals surface area contributed by atoms with E-state index in [1.54, 1.807) is 0 Å². The van der Waals surface area contributed by atoms with Crippen molar-refractivity contribution in [3.63, 3.8) is 0 Å². The Balaban J connectivity index is 2.63. The molecule has 7 heteroatoms. The van der Waals surface area contributed by atoms with Gasteiger partial charge in [-0.1, -0.05) is 0 Å². The maximum atomic E-state index is 12.4. The lowest BCUT2D eigenvalue weighted by Crippen LogP contribution is -2.48. The smallest absolute Gasteiger partial charge is 0.379 e. The van der Waals surface area contributed by atoms with Gasteiger partial charge >= 0.3 is 6.18 Å². The van der Waals surface area contributed by atoms with Gasteiger partial charge in [-0.15, -0.1) is 0 Å². The topological polar surface area (TPSA) is 52.6 Å². The highest BCUT2D eigenvalue weighted by molar-refractivity contribution is 5.78. The lowest BCUT2D eigenvalue weighted by molar-refractivity contribution is -0.253. The number of likely N-dealkylation sites (N-methyl/N-ethyl adjacent to an activating group) is 1. The average molecular weight is 226 g/mol. The summed E-state index contributed by atoms with van der Waals surface area (Å²) in [5.41, 5.74) is -2.74. The number of carbonyl (C=O) groups excluding carboxylic acids is 1. The molecule has 0 bridgehead atoms. The Kier molecular flexibility index (Phi) is 3.25. The predicted molar refractivity (Wildman–Crippen MR) is 46.1 cm³/mol. The third-order valence-corrected chi connectivity index (χ3v) is 2.46. The third kappa shape index (κ3) is 2.40. The van der Waals surface area contributed by atoms with Crippen LogP contribution in [-0.2, 0) is 4.79 Å². The predicted octanol–water partition coefficient (Wildman–Crippen LogP) is -0.269. The number of β-amino-alcohol motifs (C(OH)–C–C–N with tert-alkyl or cyclic N) is 1. The molecule has 1 amide bonds. The van der Waals surface area contributed by atoms with E-state index in [9.17, 15) is 23.1 Å². The molecule has 0 saturated carbocycles. The van der Waals surface area contributed by atoms with E-state index in [0.717, 1.165) is 4.90 Å². The molecule has 0 aromatic rings. The van der Waals surface area contributed by atoms with Crippen LogP contribution in [0.15, 0.2) is 0 Å². The Hall–Kier alpha value is -0.820. The first-order chi connectivity index (χ1) is 6.80. The zero-order chi connectivity index (χ0) is 11.7. The molecule has 1 atom stereocenters. The second-order valence-corrected chi connectivity index (χ2v) is 3.62. The van der Waals surface area contributed by atoms with Crippen LogP contribution in [-0.4, -0.2) is 54.4 Å². The lowest BCUT2D eigenvalue weighted by atomic mass is 10.0. The van der Waals surface area contributed by atoms with E-state index in [1.165, 1.54) is 7.05 Å². The van der Waals surface area contributed by atoms with E-state index in [0.29, 0.717) is 0 Å². The first-order valence-corrected chi connectivity index (χ1v) is 4.51. The van der Waals surface area contributed by atoms with Crippen LogP contribution < -0.4 is 5.32 Å². The Morgan fingerprint density at radius 1 is 1.60 bits per heavy atom. The van der Waals surface area contributed by atoms with Gasteiger partial charge in [-0.3, -0.25) is 4.79 Å². The van der Waals surface area contributed by atoms with Gasteiger partial charge in [0, 0.05) is 13.0 Å². The zero-order valence-electron chi connectivity index (χ0n) is 8.26. The quantitative estimate of drug-likeness (QED) is 0.681. The van der Waals surface area contributed by atoms with Gasteiger partial charge in [0.25, 0.3) is 0 Å². The van der Waals surface area contributed by atoms with Crippen molar-refractivity contribution in [2.75, 3.05) is 26.7 Å². The Morgan fingerprint density at radius 2 is 2.20 bits per heavy atom. The molecule has 2 N–H and O–H groups in total. The van der Waals surface area contributed by atoms with Crippen molar-refractivity contribution in [2.24, 2.45) is 0 Å². The molecular weight excluding hydrogens is 213 g/mol. The van der Waals surface area contributed by atoms with E-state index < -0.39 is 30.7 Å². The summed E-state index contributed by atoms with van der Waals surface area (Å²) in [4.78, 5) is 12.3. The number of nitrogens with zero attached hydrogens (tertiary/aromatic N) is 1. The van der Waals surface area contributed by atoms with Crippen molar-refractivity contribution in [3.8, 4) is 0 Å². The fourth-order valence-electron chi connectivity index (χ4n) is 1.50. The summed E-state index contributed by atoms with van der Waals surface area (Å²) < 4.78 is 37.1. The van der Waals surface area contributed by atoms with Crippen molar-refractivity contribution in [2.45, 2.75) is 18.2 Å². The number of rotatable bonds is 2.